The molecular formula is C32H34N6O5. The van der Waals surface area contributed by atoms with Crippen LogP contribution in [0.5, 0.6) is 0 Å². The van der Waals surface area contributed by atoms with Crippen molar-refractivity contribution < 1.29 is 23.6 Å². The molecule has 0 radical (unpaired) electrons. The zero-order valence-electron chi connectivity index (χ0n) is 24.0. The van der Waals surface area contributed by atoms with Crippen LogP contribution in [0.1, 0.15) is 52.8 Å². The van der Waals surface area contributed by atoms with E-state index in [0.29, 0.717) is 43.6 Å². The number of hydrogen-bond acceptors (Lipinski definition) is 8. The summed E-state index contributed by atoms with van der Waals surface area (Å²) in [4.78, 5) is 55.6. The van der Waals surface area contributed by atoms with Gasteiger partial charge in [0.1, 0.15) is 29.1 Å². The standard InChI is InChI=1S/C32H34N6O5/c1-34-31(41)22-13-11-21(12-14-22)29(40)24(19-33)30(36-27-18-23-8-2-3-10-26(23)43-27)35-25-9-4-5-17-38(32(25)42)20-28(39)37-15-6-7-16-37/h2-3,8,10-14,18,25,35-36H,4-7,9,15-17,20H2,1H3,(H,34,41)/t25-/m0/s1. The second-order valence-electron chi connectivity index (χ2n) is 10.7. The van der Waals surface area contributed by atoms with Crippen LogP contribution in [0.25, 0.3) is 11.0 Å². The molecule has 1 aromatic heterocycles. The van der Waals surface area contributed by atoms with Crippen LogP contribution < -0.4 is 16.0 Å². The Morgan fingerprint density at radius 3 is 2.37 bits per heavy atom. The van der Waals surface area contributed by atoms with Gasteiger partial charge in [-0.3, -0.25) is 19.2 Å². The fourth-order valence-electron chi connectivity index (χ4n) is 5.42. The quantitative estimate of drug-likeness (QED) is 0.198. The highest BCUT2D eigenvalue weighted by atomic mass is 16.3. The predicted octanol–water partition coefficient (Wildman–Crippen LogP) is 3.42. The van der Waals surface area contributed by atoms with Crippen molar-refractivity contribution in [3.8, 4) is 6.07 Å². The van der Waals surface area contributed by atoms with Crippen LogP contribution in [0.3, 0.4) is 0 Å². The molecule has 3 aromatic rings. The van der Waals surface area contributed by atoms with Gasteiger partial charge in [-0.2, -0.15) is 5.26 Å². The van der Waals surface area contributed by atoms with E-state index in [-0.39, 0.29) is 47.1 Å². The maximum atomic E-state index is 13.7. The van der Waals surface area contributed by atoms with Gasteiger partial charge in [0.25, 0.3) is 5.91 Å². The maximum absolute atomic E-state index is 13.7. The summed E-state index contributed by atoms with van der Waals surface area (Å²) in [7, 11) is 1.51. The number of para-hydroxylation sites is 1. The largest absolute Gasteiger partial charge is 0.440 e. The van der Waals surface area contributed by atoms with Crippen molar-refractivity contribution in [2.45, 2.75) is 38.1 Å². The summed E-state index contributed by atoms with van der Waals surface area (Å²) >= 11 is 0. The van der Waals surface area contributed by atoms with Crippen LogP contribution in [0.15, 0.2) is 70.4 Å². The van der Waals surface area contributed by atoms with Crippen LogP contribution in [0, 0.1) is 11.3 Å². The van der Waals surface area contributed by atoms with Crippen LogP contribution in [-0.4, -0.2) is 72.6 Å². The molecule has 2 aliphatic heterocycles. The maximum Gasteiger partial charge on any atom is 0.251 e. The number of benzene rings is 2. The minimum atomic E-state index is -0.785. The van der Waals surface area contributed by atoms with Crippen LogP contribution in [0.2, 0.25) is 0 Å². The van der Waals surface area contributed by atoms with Crippen molar-refractivity contribution in [1.29, 1.82) is 5.26 Å². The number of ketones is 1. The summed E-state index contributed by atoms with van der Waals surface area (Å²) < 4.78 is 5.91. The lowest BCUT2D eigenvalue weighted by molar-refractivity contribution is -0.140. The molecule has 0 saturated carbocycles. The highest BCUT2D eigenvalue weighted by molar-refractivity contribution is 6.12. The lowest BCUT2D eigenvalue weighted by Crippen LogP contribution is -2.49. The van der Waals surface area contributed by atoms with Crippen LogP contribution in [0.4, 0.5) is 5.88 Å². The molecule has 3 heterocycles. The molecule has 2 aromatic carbocycles. The average molecular weight is 583 g/mol. The van der Waals surface area contributed by atoms with Gasteiger partial charge < -0.3 is 30.2 Å². The van der Waals surface area contributed by atoms with Crippen molar-refractivity contribution in [2.24, 2.45) is 0 Å². The Hall–Kier alpha value is -5.11. The van der Waals surface area contributed by atoms with Gasteiger partial charge >= 0.3 is 0 Å². The van der Waals surface area contributed by atoms with Crippen molar-refractivity contribution in [2.75, 3.05) is 38.5 Å². The predicted molar refractivity (Wildman–Crippen MR) is 160 cm³/mol. The number of amides is 3. The second-order valence-corrected chi connectivity index (χ2v) is 10.7. The summed E-state index contributed by atoms with van der Waals surface area (Å²) in [5, 5.41) is 19.8. The van der Waals surface area contributed by atoms with E-state index in [1.165, 1.54) is 31.3 Å². The first-order valence-electron chi connectivity index (χ1n) is 14.5. The third kappa shape index (κ3) is 6.70. The van der Waals surface area contributed by atoms with E-state index >= 15 is 0 Å². The zero-order chi connectivity index (χ0) is 30.3. The third-order valence-corrected chi connectivity index (χ3v) is 7.78. The Kier molecular flexibility index (Phi) is 9.05. The zero-order valence-corrected chi connectivity index (χ0v) is 24.0. The number of carbonyl (C=O) groups is 4. The van der Waals surface area contributed by atoms with Gasteiger partial charge in [0.2, 0.25) is 17.6 Å². The van der Waals surface area contributed by atoms with E-state index in [2.05, 4.69) is 16.0 Å². The number of nitrogens with one attached hydrogen (secondary N) is 3. The molecule has 0 spiro atoms. The SMILES string of the molecule is CNC(=O)c1ccc(C(=O)C(C#N)=C(Nc2cc3ccccc3o2)N[C@H]2CCCCN(CC(=O)N3CCCC3)C2=O)cc1. The number of anilines is 1. The molecule has 2 fully saturated rings. The molecule has 3 amide bonds. The van der Waals surface area contributed by atoms with Gasteiger partial charge in [-0.1, -0.05) is 30.3 Å². The van der Waals surface area contributed by atoms with E-state index in [0.717, 1.165) is 24.6 Å². The monoisotopic (exact) mass is 582 g/mol. The first kappa shape index (κ1) is 29.4. The van der Waals surface area contributed by atoms with Crippen molar-refractivity contribution >= 4 is 40.4 Å². The lowest BCUT2D eigenvalue weighted by atomic mass is 10.0. The van der Waals surface area contributed by atoms with E-state index in [4.69, 9.17) is 4.42 Å². The number of rotatable bonds is 9. The number of allylic oxidation sites excluding steroid dienone is 1. The molecule has 43 heavy (non-hydrogen) atoms. The number of nitrogens with zero attached hydrogens (tertiary/aromatic N) is 3. The fraction of sp³-hybridized carbons (Fsp3) is 0.344. The highest BCUT2D eigenvalue weighted by Gasteiger charge is 2.32. The molecule has 3 N–H and O–H groups in total. The minimum absolute atomic E-state index is 0.00517. The van der Waals surface area contributed by atoms with Gasteiger partial charge in [0, 0.05) is 49.3 Å². The number of hydrogen-bond donors (Lipinski definition) is 3. The Bertz CT molecular complexity index is 1560. The lowest BCUT2D eigenvalue weighted by Gasteiger charge is -2.27. The topological polar surface area (TPSA) is 148 Å². The van der Waals surface area contributed by atoms with Gasteiger partial charge in [-0.05, 0) is 50.3 Å². The van der Waals surface area contributed by atoms with Crippen LogP contribution >= 0.6 is 0 Å². The molecular weight excluding hydrogens is 548 g/mol. The smallest absolute Gasteiger partial charge is 0.251 e. The molecule has 0 unspecified atom stereocenters. The molecule has 2 aliphatic rings. The summed E-state index contributed by atoms with van der Waals surface area (Å²) in [6, 6.07) is 16.3. The van der Waals surface area contributed by atoms with E-state index in [9.17, 15) is 24.4 Å². The van der Waals surface area contributed by atoms with E-state index < -0.39 is 11.8 Å². The summed E-state index contributed by atoms with van der Waals surface area (Å²) in [6.07, 6.45) is 3.82. The fourth-order valence-corrected chi connectivity index (χ4v) is 5.42. The number of nitriles is 1. The van der Waals surface area contributed by atoms with Gasteiger partial charge in [0.15, 0.2) is 5.88 Å². The van der Waals surface area contributed by atoms with Crippen molar-refractivity contribution in [1.82, 2.24) is 20.4 Å². The molecule has 5 rings (SSSR count). The molecule has 2 saturated heterocycles. The Morgan fingerprint density at radius 1 is 0.977 bits per heavy atom. The van der Waals surface area contributed by atoms with E-state index in [1.807, 2.05) is 24.3 Å². The summed E-state index contributed by atoms with van der Waals surface area (Å²) in [5.41, 5.74) is 0.911. The Labute approximate surface area is 249 Å². The molecule has 11 nitrogen and oxygen atoms in total. The number of likely N-dealkylation sites (tertiary alicyclic amines) is 2. The normalized spacial score (nSPS) is 17.6. The number of Topliss-reactive ketones (excluding diaryl/α,β-unsaturated/α-hetero) is 1. The number of furan rings is 1. The molecule has 0 aliphatic carbocycles. The summed E-state index contributed by atoms with van der Waals surface area (Å²) in [6.45, 7) is 1.85. The molecule has 222 valence electrons. The Balaban J connectivity index is 1.46. The minimum Gasteiger partial charge on any atom is -0.440 e. The van der Waals surface area contributed by atoms with Crippen LogP contribution in [-0.2, 0) is 9.59 Å². The Morgan fingerprint density at radius 2 is 1.67 bits per heavy atom. The van der Waals surface area contributed by atoms with Gasteiger partial charge in [-0.25, -0.2) is 0 Å². The first-order valence-corrected chi connectivity index (χ1v) is 14.5. The van der Waals surface area contributed by atoms with Crippen molar-refractivity contribution in [3.05, 3.63) is 77.1 Å². The molecule has 11 heteroatoms. The molecule has 1 atom stereocenters. The second kappa shape index (κ2) is 13.2. The molecule has 0 bridgehead atoms. The first-order chi connectivity index (χ1) is 20.9. The average Bonchev–Trinajstić information content (AvgIpc) is 3.68. The third-order valence-electron chi connectivity index (χ3n) is 7.78. The number of carbonyl (C=O) groups excluding carboxylic acids is 4. The highest BCUT2D eigenvalue weighted by Crippen LogP contribution is 2.25. The van der Waals surface area contributed by atoms with Gasteiger partial charge in [-0.15, -0.1) is 0 Å². The van der Waals surface area contributed by atoms with Gasteiger partial charge in [0.05, 0.1) is 6.54 Å². The van der Waals surface area contributed by atoms with E-state index in [1.54, 1.807) is 21.9 Å². The van der Waals surface area contributed by atoms with Crippen molar-refractivity contribution in [3.63, 3.8) is 0 Å². The summed E-state index contributed by atoms with van der Waals surface area (Å²) in [5.74, 6) is -0.943. The number of fused-ring (bicyclic) bond motifs is 1.